The van der Waals surface area contributed by atoms with Gasteiger partial charge in [-0.1, -0.05) is 41.8 Å². The number of piperidine rings is 1. The minimum absolute atomic E-state index is 0.0151. The van der Waals surface area contributed by atoms with Crippen LogP contribution >= 0.6 is 23.2 Å². The van der Waals surface area contributed by atoms with Crippen molar-refractivity contribution in [1.82, 2.24) is 15.2 Å². The third-order valence-corrected chi connectivity index (χ3v) is 6.13. The number of fused-ring (bicyclic) bond motifs is 1. The molecule has 0 saturated carbocycles. The average Bonchev–Trinajstić information content (AvgIpc) is 2.85. The lowest BCUT2D eigenvalue weighted by Gasteiger charge is -2.26. The van der Waals surface area contributed by atoms with Crippen LogP contribution in [0.2, 0.25) is 10.0 Å². The summed E-state index contributed by atoms with van der Waals surface area (Å²) in [5.41, 5.74) is 2.65. The molecule has 192 valence electrons. The third kappa shape index (κ3) is 12.8. The van der Waals surface area contributed by atoms with E-state index in [-0.39, 0.29) is 13.0 Å². The number of likely N-dealkylation sites (tertiary alicyclic amines) is 1. The summed E-state index contributed by atoms with van der Waals surface area (Å²) in [4.78, 5) is 26.6. The molecule has 35 heavy (non-hydrogen) atoms. The number of hydrogen-bond acceptors (Lipinski definition) is 5. The molecule has 4 rings (SSSR count). The molecule has 1 aromatic carbocycles. The molecular weight excluding hydrogens is 487 g/mol. The quantitative estimate of drug-likeness (QED) is 0.331. The molecule has 7 nitrogen and oxygen atoms in total. The summed E-state index contributed by atoms with van der Waals surface area (Å²) >= 11 is 11.1. The van der Waals surface area contributed by atoms with Crippen molar-refractivity contribution in [2.24, 2.45) is 0 Å². The number of carbonyl (C=O) groups excluding carboxylic acids is 1. The van der Waals surface area contributed by atoms with Crippen molar-refractivity contribution in [3.05, 3.63) is 57.7 Å². The van der Waals surface area contributed by atoms with Crippen LogP contribution < -0.4 is 10.6 Å². The number of hydrogen-bond donors (Lipinski definition) is 3. The molecule has 1 saturated heterocycles. The van der Waals surface area contributed by atoms with E-state index in [9.17, 15) is 9.59 Å². The van der Waals surface area contributed by atoms with E-state index in [2.05, 4.69) is 27.7 Å². The number of benzene rings is 1. The van der Waals surface area contributed by atoms with E-state index in [1.54, 1.807) is 18.2 Å². The van der Waals surface area contributed by atoms with E-state index in [0.717, 1.165) is 18.8 Å². The Morgan fingerprint density at radius 1 is 1.11 bits per heavy atom. The number of amides is 1. The predicted octanol–water partition coefficient (Wildman–Crippen LogP) is 5.06. The molecule has 1 aromatic heterocycles. The topological polar surface area (TPSA) is 94.6 Å². The Morgan fingerprint density at radius 3 is 2.49 bits per heavy atom. The Bertz CT molecular complexity index is 891. The molecule has 2 aromatic rings. The molecule has 3 heterocycles. The lowest BCUT2D eigenvalue weighted by atomic mass is 10.1. The summed E-state index contributed by atoms with van der Waals surface area (Å²) in [5.74, 6) is 0.237. The fraction of sp³-hybridized carbons (Fsp3) is 0.500. The second-order valence-electron chi connectivity index (χ2n) is 8.50. The first-order valence-electron chi connectivity index (χ1n) is 12.2. The molecule has 0 aliphatic carbocycles. The van der Waals surface area contributed by atoms with Gasteiger partial charge in [-0.2, -0.15) is 0 Å². The van der Waals surface area contributed by atoms with Crippen LogP contribution in [0.25, 0.3) is 0 Å². The number of halogens is 2. The molecule has 9 heteroatoms. The average molecular weight is 524 g/mol. The number of nitrogens with one attached hydrogen (secondary N) is 2. The van der Waals surface area contributed by atoms with E-state index >= 15 is 0 Å². The summed E-state index contributed by atoms with van der Waals surface area (Å²) in [6.45, 7) is 5.14. The Hall–Kier alpha value is -2.35. The summed E-state index contributed by atoms with van der Waals surface area (Å²) < 4.78 is 0. The van der Waals surface area contributed by atoms with Gasteiger partial charge in [-0.05, 0) is 88.0 Å². The first-order valence-corrected chi connectivity index (χ1v) is 13.0. The Balaban J connectivity index is 0.000000224. The predicted molar refractivity (Wildman–Crippen MR) is 142 cm³/mol. The standard InChI is InChI=1S/C16H25N3.C6H4Cl2.C4H7NO3/c1-2-11-19(12-3-1)13-5-7-15-9-8-14-6-4-10-17-16(14)18-15;7-5-2-1-3-6(8)4-5;6-3-5-2-1-4(7)8/h8-9H,1-7,10-13H2,(H,17,18);1-4H;3H,1-2H2,(H,5,6)(H,7,8). The number of anilines is 1. The van der Waals surface area contributed by atoms with Gasteiger partial charge in [0.25, 0.3) is 0 Å². The van der Waals surface area contributed by atoms with Crippen LogP contribution in [-0.4, -0.2) is 60.1 Å². The van der Waals surface area contributed by atoms with Gasteiger partial charge in [-0.3, -0.25) is 9.59 Å². The summed E-state index contributed by atoms with van der Waals surface area (Å²) in [6, 6.07) is 11.6. The number of aromatic nitrogens is 1. The normalized spacial score (nSPS) is 14.7. The van der Waals surface area contributed by atoms with Crippen molar-refractivity contribution in [3.8, 4) is 0 Å². The zero-order valence-corrected chi connectivity index (χ0v) is 21.7. The molecule has 2 aliphatic rings. The second-order valence-corrected chi connectivity index (χ2v) is 9.37. The first-order chi connectivity index (χ1) is 17.0. The third-order valence-electron chi connectivity index (χ3n) is 5.66. The highest BCUT2D eigenvalue weighted by Gasteiger charge is 2.12. The highest BCUT2D eigenvalue weighted by atomic mass is 35.5. The van der Waals surface area contributed by atoms with Gasteiger partial charge in [0.05, 0.1) is 6.42 Å². The number of carboxylic acid groups (broad SMARTS) is 1. The highest BCUT2D eigenvalue weighted by molar-refractivity contribution is 6.34. The van der Waals surface area contributed by atoms with Crippen LogP contribution in [0.15, 0.2) is 36.4 Å². The van der Waals surface area contributed by atoms with Crippen molar-refractivity contribution in [1.29, 1.82) is 0 Å². The van der Waals surface area contributed by atoms with Crippen molar-refractivity contribution in [3.63, 3.8) is 0 Å². The number of pyridine rings is 1. The van der Waals surface area contributed by atoms with Gasteiger partial charge in [0.1, 0.15) is 5.82 Å². The van der Waals surface area contributed by atoms with Crippen LogP contribution in [0.4, 0.5) is 5.82 Å². The van der Waals surface area contributed by atoms with E-state index in [1.165, 1.54) is 69.4 Å². The summed E-state index contributed by atoms with van der Waals surface area (Å²) in [7, 11) is 0. The van der Waals surface area contributed by atoms with Crippen molar-refractivity contribution in [2.75, 3.05) is 38.0 Å². The minimum Gasteiger partial charge on any atom is -0.481 e. The maximum absolute atomic E-state index is 9.72. The Labute approximate surface area is 218 Å². The Kier molecular flexibility index (Phi) is 14.1. The van der Waals surface area contributed by atoms with E-state index in [4.69, 9.17) is 33.3 Å². The van der Waals surface area contributed by atoms with Gasteiger partial charge in [-0.15, -0.1) is 0 Å². The molecule has 1 fully saturated rings. The number of carbonyl (C=O) groups is 2. The molecule has 0 unspecified atom stereocenters. The molecule has 1 amide bonds. The van der Waals surface area contributed by atoms with Gasteiger partial charge >= 0.3 is 5.97 Å². The van der Waals surface area contributed by atoms with E-state index in [1.807, 2.05) is 6.07 Å². The molecule has 0 spiro atoms. The fourth-order valence-electron chi connectivity index (χ4n) is 3.87. The summed E-state index contributed by atoms with van der Waals surface area (Å²) in [5, 5.41) is 15.0. The molecule has 0 radical (unpaired) electrons. The summed E-state index contributed by atoms with van der Waals surface area (Å²) in [6.07, 6.45) is 9.45. The monoisotopic (exact) mass is 522 g/mol. The van der Waals surface area contributed by atoms with Crippen molar-refractivity contribution >= 4 is 41.4 Å². The number of nitrogens with zero attached hydrogens (tertiary/aromatic N) is 2. The maximum Gasteiger partial charge on any atom is 0.305 e. The number of rotatable bonds is 8. The van der Waals surface area contributed by atoms with Gasteiger partial charge in [-0.25, -0.2) is 4.98 Å². The van der Waals surface area contributed by atoms with Crippen LogP contribution in [0.3, 0.4) is 0 Å². The maximum atomic E-state index is 9.72. The molecular formula is C26H36Cl2N4O3. The highest BCUT2D eigenvalue weighted by Crippen LogP contribution is 2.20. The van der Waals surface area contributed by atoms with Crippen LogP contribution in [0.1, 0.15) is 49.8 Å². The second kappa shape index (κ2) is 17.1. The van der Waals surface area contributed by atoms with Gasteiger partial charge in [0, 0.05) is 28.8 Å². The Morgan fingerprint density at radius 2 is 1.86 bits per heavy atom. The van der Waals surface area contributed by atoms with Crippen LogP contribution in [-0.2, 0) is 22.4 Å². The number of carboxylic acids is 1. The zero-order chi connectivity index (χ0) is 25.3. The largest absolute Gasteiger partial charge is 0.481 e. The SMILES string of the molecule is Clc1cccc(Cl)c1.O=CNCCC(=O)O.c1cc2c(nc1CCCN1CCCCC1)NCCC2. The smallest absolute Gasteiger partial charge is 0.305 e. The van der Waals surface area contributed by atoms with Crippen molar-refractivity contribution in [2.45, 2.75) is 51.4 Å². The van der Waals surface area contributed by atoms with E-state index in [0.29, 0.717) is 16.5 Å². The molecule has 3 N–H and O–H groups in total. The molecule has 2 aliphatic heterocycles. The lowest BCUT2D eigenvalue weighted by molar-refractivity contribution is -0.136. The number of aliphatic carboxylic acids is 1. The van der Waals surface area contributed by atoms with E-state index < -0.39 is 5.97 Å². The van der Waals surface area contributed by atoms with Gasteiger partial charge in [0.15, 0.2) is 0 Å². The van der Waals surface area contributed by atoms with Crippen LogP contribution in [0.5, 0.6) is 0 Å². The van der Waals surface area contributed by atoms with Crippen LogP contribution in [0, 0.1) is 0 Å². The van der Waals surface area contributed by atoms with Gasteiger partial charge in [0.2, 0.25) is 6.41 Å². The fourth-order valence-corrected chi connectivity index (χ4v) is 4.31. The first kappa shape index (κ1) is 28.9. The zero-order valence-electron chi connectivity index (χ0n) is 20.1. The lowest BCUT2D eigenvalue weighted by Crippen LogP contribution is -2.30. The molecule has 0 bridgehead atoms. The molecule has 0 atom stereocenters. The minimum atomic E-state index is -0.903. The van der Waals surface area contributed by atoms with Gasteiger partial charge < -0.3 is 20.6 Å². The number of aryl methyl sites for hydroxylation is 2. The van der Waals surface area contributed by atoms with Crippen molar-refractivity contribution < 1.29 is 14.7 Å².